The molecule has 0 fully saturated rings. The number of aromatic nitrogens is 1. The first-order chi connectivity index (χ1) is 7.72. The third kappa shape index (κ3) is 4.76. The van der Waals surface area contributed by atoms with Crippen LogP contribution >= 0.6 is 0 Å². The Hall–Kier alpha value is -1.60. The van der Waals surface area contributed by atoms with Crippen LogP contribution in [0.25, 0.3) is 0 Å². The predicted molar refractivity (Wildman–Crippen MR) is 56.1 cm³/mol. The smallest absolute Gasteiger partial charge is 0.322 e. The van der Waals surface area contributed by atoms with Crippen LogP contribution in [0, 0.1) is 6.92 Å². The number of amides is 2. The average Bonchev–Trinajstić information content (AvgIpc) is 2.63. The molecule has 0 aliphatic rings. The Morgan fingerprint density at radius 1 is 1.56 bits per heavy atom. The van der Waals surface area contributed by atoms with Crippen molar-refractivity contribution in [3.8, 4) is 0 Å². The summed E-state index contributed by atoms with van der Waals surface area (Å²) in [6.45, 7) is 2.78. The Labute approximate surface area is 93.1 Å². The molecular weight excluding hydrogens is 214 g/mol. The number of urea groups is 1. The van der Waals surface area contributed by atoms with Crippen molar-refractivity contribution < 1.29 is 18.8 Å². The summed E-state index contributed by atoms with van der Waals surface area (Å²) in [5.41, 5.74) is 0. The number of anilines is 1. The van der Waals surface area contributed by atoms with Crippen LogP contribution in [-0.4, -0.2) is 38.2 Å². The normalized spacial score (nSPS) is 10.1. The van der Waals surface area contributed by atoms with Crippen molar-refractivity contribution in [2.75, 3.05) is 32.4 Å². The average molecular weight is 229 g/mol. The molecule has 1 rings (SSSR count). The molecule has 0 spiro atoms. The lowest BCUT2D eigenvalue weighted by atomic mass is 10.5. The van der Waals surface area contributed by atoms with Gasteiger partial charge in [0.1, 0.15) is 12.5 Å². The molecule has 16 heavy (non-hydrogen) atoms. The Morgan fingerprint density at radius 2 is 2.38 bits per heavy atom. The van der Waals surface area contributed by atoms with E-state index in [9.17, 15) is 4.79 Å². The number of hydrogen-bond donors (Lipinski definition) is 2. The number of ether oxygens (including phenoxy) is 2. The molecular formula is C9H15N3O4. The van der Waals surface area contributed by atoms with E-state index in [1.807, 2.05) is 0 Å². The fourth-order valence-corrected chi connectivity index (χ4v) is 0.917. The highest BCUT2D eigenvalue weighted by atomic mass is 16.5. The zero-order valence-electron chi connectivity index (χ0n) is 9.28. The highest BCUT2D eigenvalue weighted by Gasteiger charge is 2.04. The molecule has 90 valence electrons. The largest absolute Gasteiger partial charge is 0.382 e. The monoisotopic (exact) mass is 229 g/mol. The summed E-state index contributed by atoms with van der Waals surface area (Å²) in [5.74, 6) is 0.999. The number of methoxy groups -OCH3 is 1. The third-order valence-corrected chi connectivity index (χ3v) is 1.64. The minimum Gasteiger partial charge on any atom is -0.382 e. The lowest BCUT2D eigenvalue weighted by Crippen LogP contribution is -2.31. The summed E-state index contributed by atoms with van der Waals surface area (Å²) in [6, 6.07) is 1.22. The molecule has 0 saturated carbocycles. The van der Waals surface area contributed by atoms with Gasteiger partial charge in [-0.2, -0.15) is 0 Å². The van der Waals surface area contributed by atoms with Gasteiger partial charge in [-0.25, -0.2) is 4.79 Å². The van der Waals surface area contributed by atoms with Gasteiger partial charge in [0, 0.05) is 13.2 Å². The van der Waals surface area contributed by atoms with Gasteiger partial charge in [0.2, 0.25) is 0 Å². The molecule has 1 heterocycles. The first-order valence-corrected chi connectivity index (χ1v) is 4.77. The topological polar surface area (TPSA) is 85.6 Å². The van der Waals surface area contributed by atoms with Gasteiger partial charge < -0.3 is 19.3 Å². The molecule has 7 heteroatoms. The molecule has 0 saturated heterocycles. The van der Waals surface area contributed by atoms with E-state index < -0.39 is 6.03 Å². The van der Waals surface area contributed by atoms with Crippen molar-refractivity contribution >= 4 is 11.8 Å². The second-order valence-electron chi connectivity index (χ2n) is 3.00. The van der Waals surface area contributed by atoms with Crippen molar-refractivity contribution in [1.29, 1.82) is 0 Å². The van der Waals surface area contributed by atoms with E-state index in [1.54, 1.807) is 20.1 Å². The molecule has 2 N–H and O–H groups in total. The number of rotatable bonds is 6. The zero-order valence-corrected chi connectivity index (χ0v) is 9.28. The minimum atomic E-state index is -0.397. The van der Waals surface area contributed by atoms with Gasteiger partial charge >= 0.3 is 6.03 Å². The number of carbonyl (C=O) groups excluding carboxylic acids is 1. The van der Waals surface area contributed by atoms with E-state index in [-0.39, 0.29) is 6.73 Å². The van der Waals surface area contributed by atoms with Gasteiger partial charge in [0.25, 0.3) is 0 Å². The summed E-state index contributed by atoms with van der Waals surface area (Å²) in [6.07, 6.45) is 0. The summed E-state index contributed by atoms with van der Waals surface area (Å²) in [7, 11) is 1.58. The van der Waals surface area contributed by atoms with E-state index in [1.165, 1.54) is 0 Å². The molecule has 7 nitrogen and oxygen atoms in total. The minimum absolute atomic E-state index is 0.117. The van der Waals surface area contributed by atoms with Crippen LogP contribution in [0.1, 0.15) is 5.76 Å². The zero-order chi connectivity index (χ0) is 11.8. The van der Waals surface area contributed by atoms with Crippen LogP contribution in [0.5, 0.6) is 0 Å². The van der Waals surface area contributed by atoms with Crippen molar-refractivity contribution in [2.24, 2.45) is 0 Å². The molecule has 1 aromatic rings. The number of carbonyl (C=O) groups is 1. The molecule has 0 radical (unpaired) electrons. The summed E-state index contributed by atoms with van der Waals surface area (Å²) in [5, 5.41) is 8.58. The van der Waals surface area contributed by atoms with Gasteiger partial charge in [-0.05, 0) is 6.92 Å². The maximum absolute atomic E-state index is 11.2. The van der Waals surface area contributed by atoms with Crippen molar-refractivity contribution in [1.82, 2.24) is 10.5 Å². The Kier molecular flexibility index (Phi) is 5.30. The molecule has 0 unspecified atom stereocenters. The SMILES string of the molecule is COCCOCNC(=O)Nc1cc(C)on1. The number of hydrogen-bond acceptors (Lipinski definition) is 5. The molecule has 0 aliphatic carbocycles. The molecule has 1 aromatic heterocycles. The van der Waals surface area contributed by atoms with Crippen molar-refractivity contribution in [3.05, 3.63) is 11.8 Å². The number of aryl methyl sites for hydroxylation is 1. The Morgan fingerprint density at radius 3 is 3.00 bits per heavy atom. The molecule has 0 bridgehead atoms. The van der Waals surface area contributed by atoms with E-state index in [0.717, 1.165) is 0 Å². The number of nitrogens with one attached hydrogen (secondary N) is 2. The first-order valence-electron chi connectivity index (χ1n) is 4.77. The first kappa shape index (κ1) is 12.5. The van der Waals surface area contributed by atoms with Crippen LogP contribution in [0.4, 0.5) is 10.6 Å². The Bertz CT molecular complexity index is 326. The second kappa shape index (κ2) is 6.81. The van der Waals surface area contributed by atoms with Gasteiger partial charge in [0.15, 0.2) is 5.82 Å². The van der Waals surface area contributed by atoms with E-state index in [4.69, 9.17) is 14.0 Å². The van der Waals surface area contributed by atoms with Crippen molar-refractivity contribution in [2.45, 2.75) is 6.92 Å². The third-order valence-electron chi connectivity index (χ3n) is 1.64. The van der Waals surface area contributed by atoms with Crippen LogP contribution in [0.15, 0.2) is 10.6 Å². The fourth-order valence-electron chi connectivity index (χ4n) is 0.917. The van der Waals surface area contributed by atoms with Crippen molar-refractivity contribution in [3.63, 3.8) is 0 Å². The van der Waals surface area contributed by atoms with Crippen LogP contribution in [-0.2, 0) is 9.47 Å². The van der Waals surface area contributed by atoms with Gasteiger partial charge in [-0.3, -0.25) is 5.32 Å². The second-order valence-corrected chi connectivity index (χ2v) is 3.00. The molecule has 0 aromatic carbocycles. The van der Waals surface area contributed by atoms with Crippen LogP contribution in [0.2, 0.25) is 0 Å². The van der Waals surface area contributed by atoms with E-state index in [2.05, 4.69) is 15.8 Å². The molecule has 2 amide bonds. The number of nitrogens with zero attached hydrogens (tertiary/aromatic N) is 1. The highest BCUT2D eigenvalue weighted by Crippen LogP contribution is 2.05. The maximum Gasteiger partial charge on any atom is 0.322 e. The fraction of sp³-hybridized carbons (Fsp3) is 0.556. The van der Waals surface area contributed by atoms with Gasteiger partial charge in [0.05, 0.1) is 13.2 Å². The summed E-state index contributed by atoms with van der Waals surface area (Å²) < 4.78 is 14.6. The summed E-state index contributed by atoms with van der Waals surface area (Å²) in [4.78, 5) is 11.2. The lowest BCUT2D eigenvalue weighted by Gasteiger charge is -2.05. The van der Waals surface area contributed by atoms with Gasteiger partial charge in [-0.1, -0.05) is 5.16 Å². The Balaban J connectivity index is 2.11. The quantitative estimate of drug-likeness (QED) is 0.554. The van der Waals surface area contributed by atoms with Gasteiger partial charge in [-0.15, -0.1) is 0 Å². The lowest BCUT2D eigenvalue weighted by molar-refractivity contribution is 0.0650. The summed E-state index contributed by atoms with van der Waals surface area (Å²) >= 11 is 0. The standard InChI is InChI=1S/C9H15N3O4/c1-7-5-8(12-16-7)11-9(13)10-6-15-4-3-14-2/h5H,3-4,6H2,1-2H3,(H2,10,11,12,13). The van der Waals surface area contributed by atoms with Crippen LogP contribution in [0.3, 0.4) is 0 Å². The van der Waals surface area contributed by atoms with Crippen LogP contribution < -0.4 is 10.6 Å². The highest BCUT2D eigenvalue weighted by molar-refractivity contribution is 5.87. The van der Waals surface area contributed by atoms with E-state index >= 15 is 0 Å². The maximum atomic E-state index is 11.2. The predicted octanol–water partition coefficient (Wildman–Crippen LogP) is 0.725. The van der Waals surface area contributed by atoms with E-state index in [0.29, 0.717) is 24.8 Å². The molecule has 0 atom stereocenters. The molecule has 0 aliphatic heterocycles.